The van der Waals surface area contributed by atoms with E-state index < -0.39 is 0 Å². The first-order valence-electron chi connectivity index (χ1n) is 5.73. The number of rotatable bonds is 5. The second kappa shape index (κ2) is 5.96. The summed E-state index contributed by atoms with van der Waals surface area (Å²) in [5.41, 5.74) is 0.883. The van der Waals surface area contributed by atoms with Crippen molar-refractivity contribution in [1.82, 2.24) is 0 Å². The van der Waals surface area contributed by atoms with Crippen LogP contribution in [-0.4, -0.2) is 33.5 Å². The Balaban J connectivity index is 2.12. The lowest BCUT2D eigenvalue weighted by molar-refractivity contribution is -0.0701. The normalized spacial score (nSPS) is 24.1. The number of halogens is 1. The van der Waals surface area contributed by atoms with Crippen LogP contribution in [0.15, 0.2) is 28.7 Å². The van der Waals surface area contributed by atoms with E-state index in [1.54, 1.807) is 7.11 Å². The summed E-state index contributed by atoms with van der Waals surface area (Å²) in [6, 6.07) is 8.25. The molecule has 1 atom stereocenters. The van der Waals surface area contributed by atoms with Crippen LogP contribution in [0.3, 0.4) is 0 Å². The summed E-state index contributed by atoms with van der Waals surface area (Å²) in [5.74, 6) is 0. The molecule has 1 aromatic rings. The largest absolute Gasteiger partial charge is 0.382 e. The average molecular weight is 301 g/mol. The van der Waals surface area contributed by atoms with Crippen LogP contribution < -0.4 is 0 Å². The zero-order chi connectivity index (χ0) is 12.1. The van der Waals surface area contributed by atoms with Crippen LogP contribution in [0, 0.1) is 0 Å². The third kappa shape index (κ3) is 3.07. The Morgan fingerprint density at radius 1 is 1.29 bits per heavy atom. The third-order valence-electron chi connectivity index (χ3n) is 3.02. The van der Waals surface area contributed by atoms with Crippen molar-refractivity contribution >= 4 is 15.9 Å². The van der Waals surface area contributed by atoms with Crippen molar-refractivity contribution in [2.24, 2.45) is 0 Å². The molecule has 2 rings (SSSR count). The molecule has 17 heavy (non-hydrogen) atoms. The van der Waals surface area contributed by atoms with Gasteiger partial charge in [-0.2, -0.15) is 0 Å². The lowest BCUT2D eigenvalue weighted by atomic mass is 9.93. The van der Waals surface area contributed by atoms with Gasteiger partial charge in [0.15, 0.2) is 0 Å². The summed E-state index contributed by atoms with van der Waals surface area (Å²) in [6.07, 6.45) is 0.901. The highest BCUT2D eigenvalue weighted by molar-refractivity contribution is 9.10. The van der Waals surface area contributed by atoms with Gasteiger partial charge in [0.05, 0.1) is 19.8 Å². The molecule has 0 aliphatic carbocycles. The monoisotopic (exact) mass is 300 g/mol. The van der Waals surface area contributed by atoms with Gasteiger partial charge in [-0.05, 0) is 17.7 Å². The Morgan fingerprint density at radius 2 is 2.06 bits per heavy atom. The number of hydrogen-bond acceptors (Lipinski definition) is 3. The first-order valence-corrected chi connectivity index (χ1v) is 6.53. The van der Waals surface area contributed by atoms with E-state index in [-0.39, 0.29) is 5.60 Å². The van der Waals surface area contributed by atoms with Gasteiger partial charge in [0.1, 0.15) is 5.60 Å². The molecule has 0 spiro atoms. The number of ether oxygens (including phenoxy) is 3. The van der Waals surface area contributed by atoms with E-state index in [9.17, 15) is 0 Å². The molecule has 3 nitrogen and oxygen atoms in total. The second-order valence-electron chi connectivity index (χ2n) is 4.15. The standard InChI is InChI=1S/C13H17BrO3/c1-15-8-9-17-13(6-7-16-10-13)11-2-4-12(14)5-3-11/h2-5H,6-10H2,1H3. The maximum atomic E-state index is 5.99. The van der Waals surface area contributed by atoms with Crippen LogP contribution in [0.1, 0.15) is 12.0 Å². The molecule has 0 radical (unpaired) electrons. The summed E-state index contributed by atoms with van der Waals surface area (Å²) in [6.45, 7) is 2.58. The van der Waals surface area contributed by atoms with Crippen molar-refractivity contribution in [2.75, 3.05) is 33.5 Å². The van der Waals surface area contributed by atoms with Crippen LogP contribution in [0.5, 0.6) is 0 Å². The maximum Gasteiger partial charge on any atom is 0.119 e. The van der Waals surface area contributed by atoms with E-state index in [0.717, 1.165) is 17.5 Å². The molecule has 0 aromatic heterocycles. The van der Waals surface area contributed by atoms with E-state index in [1.165, 1.54) is 5.56 Å². The van der Waals surface area contributed by atoms with Crippen molar-refractivity contribution in [2.45, 2.75) is 12.0 Å². The van der Waals surface area contributed by atoms with Gasteiger partial charge in [0.25, 0.3) is 0 Å². The zero-order valence-corrected chi connectivity index (χ0v) is 11.5. The molecule has 1 aromatic carbocycles. The molecule has 1 heterocycles. The molecule has 0 saturated carbocycles. The SMILES string of the molecule is COCCOC1(c2ccc(Br)cc2)CCOC1. The molecule has 94 valence electrons. The molecule has 1 aliphatic rings. The van der Waals surface area contributed by atoms with Crippen LogP contribution in [-0.2, 0) is 19.8 Å². The fourth-order valence-corrected chi connectivity index (χ4v) is 2.31. The molecule has 0 bridgehead atoms. The van der Waals surface area contributed by atoms with Gasteiger partial charge in [-0.15, -0.1) is 0 Å². The molecule has 1 fully saturated rings. The summed E-state index contributed by atoms with van der Waals surface area (Å²) >= 11 is 3.44. The Hall–Kier alpha value is -0.420. The van der Waals surface area contributed by atoms with Gasteiger partial charge in [0, 0.05) is 24.6 Å². The Labute approximate surface area is 110 Å². The van der Waals surface area contributed by atoms with Gasteiger partial charge < -0.3 is 14.2 Å². The maximum absolute atomic E-state index is 5.99. The van der Waals surface area contributed by atoms with E-state index in [0.29, 0.717) is 19.8 Å². The highest BCUT2D eigenvalue weighted by Gasteiger charge is 2.37. The number of methoxy groups -OCH3 is 1. The summed E-state index contributed by atoms with van der Waals surface area (Å²) in [4.78, 5) is 0. The molecular weight excluding hydrogens is 284 g/mol. The first-order chi connectivity index (χ1) is 8.27. The van der Waals surface area contributed by atoms with Crippen molar-refractivity contribution in [3.8, 4) is 0 Å². The van der Waals surface area contributed by atoms with Gasteiger partial charge in [-0.25, -0.2) is 0 Å². The highest BCUT2D eigenvalue weighted by Crippen LogP contribution is 2.35. The van der Waals surface area contributed by atoms with E-state index in [4.69, 9.17) is 14.2 Å². The Bertz CT molecular complexity index is 344. The minimum atomic E-state index is -0.292. The van der Waals surface area contributed by atoms with Crippen molar-refractivity contribution < 1.29 is 14.2 Å². The van der Waals surface area contributed by atoms with E-state index in [2.05, 4.69) is 28.1 Å². The minimum Gasteiger partial charge on any atom is -0.382 e. The van der Waals surface area contributed by atoms with Crippen LogP contribution in [0.25, 0.3) is 0 Å². The van der Waals surface area contributed by atoms with Crippen molar-refractivity contribution in [3.05, 3.63) is 34.3 Å². The summed E-state index contributed by atoms with van der Waals surface area (Å²) in [7, 11) is 1.68. The molecule has 1 aliphatic heterocycles. The third-order valence-corrected chi connectivity index (χ3v) is 3.55. The fourth-order valence-electron chi connectivity index (χ4n) is 2.05. The molecule has 1 unspecified atom stereocenters. The summed E-state index contributed by atoms with van der Waals surface area (Å²) in [5, 5.41) is 0. The second-order valence-corrected chi connectivity index (χ2v) is 5.06. The molecule has 0 N–H and O–H groups in total. The minimum absolute atomic E-state index is 0.292. The molecule has 0 amide bonds. The summed E-state index contributed by atoms with van der Waals surface area (Å²) < 4.78 is 17.6. The Kier molecular flexibility index (Phi) is 4.56. The van der Waals surface area contributed by atoms with Crippen molar-refractivity contribution in [3.63, 3.8) is 0 Å². The van der Waals surface area contributed by atoms with Crippen LogP contribution >= 0.6 is 15.9 Å². The average Bonchev–Trinajstić information content (AvgIpc) is 2.80. The first kappa shape index (κ1) is 13.0. The van der Waals surface area contributed by atoms with Gasteiger partial charge in [0.2, 0.25) is 0 Å². The van der Waals surface area contributed by atoms with Crippen molar-refractivity contribution in [1.29, 1.82) is 0 Å². The Morgan fingerprint density at radius 3 is 2.65 bits per heavy atom. The molecule has 4 heteroatoms. The number of hydrogen-bond donors (Lipinski definition) is 0. The number of benzene rings is 1. The molecule has 1 saturated heterocycles. The van der Waals surface area contributed by atoms with E-state index in [1.807, 2.05) is 12.1 Å². The predicted octanol–water partition coefficient (Wildman–Crippen LogP) is 2.73. The fraction of sp³-hybridized carbons (Fsp3) is 0.538. The van der Waals surface area contributed by atoms with Gasteiger partial charge in [-0.1, -0.05) is 28.1 Å². The zero-order valence-electron chi connectivity index (χ0n) is 9.95. The predicted molar refractivity (Wildman–Crippen MR) is 69.1 cm³/mol. The van der Waals surface area contributed by atoms with E-state index >= 15 is 0 Å². The van der Waals surface area contributed by atoms with Gasteiger partial charge >= 0.3 is 0 Å². The van der Waals surface area contributed by atoms with Crippen LogP contribution in [0.2, 0.25) is 0 Å². The van der Waals surface area contributed by atoms with Crippen LogP contribution in [0.4, 0.5) is 0 Å². The quantitative estimate of drug-likeness (QED) is 0.783. The highest BCUT2D eigenvalue weighted by atomic mass is 79.9. The topological polar surface area (TPSA) is 27.7 Å². The smallest absolute Gasteiger partial charge is 0.119 e. The molecular formula is C13H17BrO3. The lowest BCUT2D eigenvalue weighted by Crippen LogP contribution is -2.31. The lowest BCUT2D eigenvalue weighted by Gasteiger charge is -2.28. The van der Waals surface area contributed by atoms with Gasteiger partial charge in [-0.3, -0.25) is 0 Å².